The molecule has 3 N–H and O–H groups in total. The summed E-state index contributed by atoms with van der Waals surface area (Å²) < 4.78 is 30.7. The number of thioether (sulfide) groups is 1. The third-order valence-corrected chi connectivity index (χ3v) is 15.9. The first kappa shape index (κ1) is 52.1. The average Bonchev–Trinajstić information content (AvgIpc) is 4.29. The maximum atomic E-state index is 14.5. The third kappa shape index (κ3) is 12.4. The summed E-state index contributed by atoms with van der Waals surface area (Å²) >= 11 is 1.48. The van der Waals surface area contributed by atoms with E-state index in [0.717, 1.165) is 88.8 Å². The number of Topliss-reactive ketones (excluding diaryl/α,β-unsaturated/α-hetero) is 1. The zero-order valence-electron chi connectivity index (χ0n) is 42.0. The first-order valence-electron chi connectivity index (χ1n) is 25.9. The number of pyridine rings is 1. The molecule has 6 aromatic rings. The van der Waals surface area contributed by atoms with Crippen molar-refractivity contribution in [1.82, 2.24) is 44.7 Å². The number of rotatable bonds is 21. The van der Waals surface area contributed by atoms with Crippen molar-refractivity contribution in [2.24, 2.45) is 10.9 Å². The van der Waals surface area contributed by atoms with Gasteiger partial charge >= 0.3 is 0 Å². The number of halogens is 2. The molecule has 15 nitrogen and oxygen atoms in total. The summed E-state index contributed by atoms with van der Waals surface area (Å²) in [6.07, 6.45) is 19.9. The van der Waals surface area contributed by atoms with E-state index in [9.17, 15) is 32.8 Å². The van der Waals surface area contributed by atoms with Crippen molar-refractivity contribution in [2.45, 2.75) is 115 Å². The average molecular weight is 1030 g/mol. The molecule has 4 aromatic heterocycles. The molecule has 18 heteroatoms. The maximum absolute atomic E-state index is 14.5. The lowest BCUT2D eigenvalue weighted by Crippen LogP contribution is -2.58. The number of fused-ring (bicyclic) bond motifs is 1. The van der Waals surface area contributed by atoms with Crippen LogP contribution in [-0.2, 0) is 20.9 Å². The molecule has 2 saturated heterocycles. The molecule has 0 saturated carbocycles. The number of hydrogen-bond donors (Lipinski definition) is 3. The van der Waals surface area contributed by atoms with E-state index in [2.05, 4.69) is 31.8 Å². The summed E-state index contributed by atoms with van der Waals surface area (Å²) in [5.41, 5.74) is 5.66. The Morgan fingerprint density at radius 2 is 1.58 bits per heavy atom. The van der Waals surface area contributed by atoms with E-state index in [4.69, 9.17) is 4.99 Å². The quantitative estimate of drug-likeness (QED) is 0.0470. The SMILES string of the molecule is CN[C@@H](C)C(=O)N[C@H](C(=O)N1CCC[C@H]1C1=NC(C(=O)c2ccc(F)cc2)CS1)C1CCN(C(=O)CCCCCCCCC(=O)n2cc(-c3cnc4[nH]cc(-c5ccn(Cc6cccc(F)c6)c5)c4c3)cn2)CC1. The molecule has 2 fully saturated rings. The molecule has 3 amide bonds. The Hall–Kier alpha value is -6.79. The molecular formula is C56H64F2N10O5S. The summed E-state index contributed by atoms with van der Waals surface area (Å²) in [5.74, 6) is -0.961. The number of piperidine rings is 1. The number of amides is 3. The summed E-state index contributed by atoms with van der Waals surface area (Å²) in [6, 6.07) is 14.0. The highest BCUT2D eigenvalue weighted by molar-refractivity contribution is 8.14. The molecule has 1 unspecified atom stereocenters. The number of nitrogens with zero attached hydrogens (tertiary/aromatic N) is 7. The van der Waals surface area contributed by atoms with Gasteiger partial charge < -0.3 is 30.0 Å². The molecule has 0 spiro atoms. The molecule has 3 aliphatic heterocycles. The minimum Gasteiger partial charge on any atom is -0.349 e. The number of likely N-dealkylation sites (tertiary alicyclic amines) is 2. The predicted octanol–water partition coefficient (Wildman–Crippen LogP) is 8.70. The van der Waals surface area contributed by atoms with E-state index >= 15 is 0 Å². The second kappa shape index (κ2) is 24.0. The second-order valence-electron chi connectivity index (χ2n) is 19.8. The molecule has 9 rings (SSSR count). The third-order valence-electron chi connectivity index (χ3n) is 14.7. The van der Waals surface area contributed by atoms with Crippen molar-refractivity contribution >= 4 is 57.3 Å². The van der Waals surface area contributed by atoms with Crippen molar-refractivity contribution in [2.75, 3.05) is 32.4 Å². The zero-order valence-corrected chi connectivity index (χ0v) is 42.8. The molecule has 4 atom stereocenters. The normalized spacial score (nSPS) is 17.9. The molecule has 3 aliphatic rings. The Labute approximate surface area is 434 Å². The summed E-state index contributed by atoms with van der Waals surface area (Å²) in [7, 11) is 1.70. The van der Waals surface area contributed by atoms with Crippen molar-refractivity contribution < 1.29 is 32.8 Å². The van der Waals surface area contributed by atoms with Gasteiger partial charge in [0.2, 0.25) is 23.6 Å². The fourth-order valence-corrected chi connectivity index (χ4v) is 11.5. The highest BCUT2D eigenvalue weighted by Gasteiger charge is 2.43. The fourth-order valence-electron chi connectivity index (χ4n) is 10.3. The number of aromatic nitrogens is 5. The number of unbranched alkanes of at least 4 members (excludes halogenated alkanes) is 5. The van der Waals surface area contributed by atoms with Gasteiger partial charge in [-0.3, -0.25) is 29.0 Å². The number of hydrogen-bond acceptors (Lipinski definition) is 10. The Balaban J connectivity index is 0.693. The van der Waals surface area contributed by atoms with Crippen LogP contribution in [-0.4, -0.2) is 125 Å². The van der Waals surface area contributed by atoms with Crippen LogP contribution < -0.4 is 10.6 Å². The monoisotopic (exact) mass is 1030 g/mol. The van der Waals surface area contributed by atoms with E-state index in [1.54, 1.807) is 38.6 Å². The van der Waals surface area contributed by atoms with Crippen molar-refractivity contribution in [3.8, 4) is 22.3 Å². The van der Waals surface area contributed by atoms with Gasteiger partial charge in [-0.25, -0.2) is 18.4 Å². The van der Waals surface area contributed by atoms with Crippen LogP contribution in [0.3, 0.4) is 0 Å². The molecule has 74 heavy (non-hydrogen) atoms. The van der Waals surface area contributed by atoms with E-state index in [1.807, 2.05) is 45.1 Å². The van der Waals surface area contributed by atoms with Crippen molar-refractivity contribution in [3.05, 3.63) is 121 Å². The smallest absolute Gasteiger partial charge is 0.246 e. The molecule has 2 aromatic carbocycles. The minimum atomic E-state index is -0.766. The number of aromatic amines is 1. The van der Waals surface area contributed by atoms with Gasteiger partial charge in [0, 0.05) is 109 Å². The molecular weight excluding hydrogens is 963 g/mol. The maximum Gasteiger partial charge on any atom is 0.246 e. The number of benzene rings is 2. The minimum absolute atomic E-state index is 0.0710. The Kier molecular flexibility index (Phi) is 16.9. The topological polar surface area (TPSA) is 180 Å². The van der Waals surface area contributed by atoms with Crippen LogP contribution in [0, 0.1) is 17.6 Å². The highest BCUT2D eigenvalue weighted by atomic mass is 32.2. The van der Waals surface area contributed by atoms with Crippen LogP contribution in [0.2, 0.25) is 0 Å². The van der Waals surface area contributed by atoms with Crippen LogP contribution >= 0.6 is 11.8 Å². The van der Waals surface area contributed by atoms with Crippen LogP contribution in [0.25, 0.3) is 33.3 Å². The Bertz CT molecular complexity index is 3000. The molecule has 0 aliphatic carbocycles. The number of carbonyl (C=O) groups excluding carboxylic acids is 5. The Morgan fingerprint density at radius 3 is 2.34 bits per heavy atom. The van der Waals surface area contributed by atoms with Gasteiger partial charge in [0.15, 0.2) is 5.78 Å². The highest BCUT2D eigenvalue weighted by Crippen LogP contribution is 2.34. The number of aliphatic imine (C=N–C) groups is 1. The molecule has 0 bridgehead atoms. The van der Waals surface area contributed by atoms with Gasteiger partial charge in [0.25, 0.3) is 0 Å². The first-order valence-corrected chi connectivity index (χ1v) is 26.9. The number of likely N-dealkylation sites (N-methyl/N-ethyl adjacent to an activating group) is 1. The first-order chi connectivity index (χ1) is 35.9. The van der Waals surface area contributed by atoms with Crippen LogP contribution in [0.1, 0.15) is 105 Å². The molecule has 388 valence electrons. The van der Waals surface area contributed by atoms with Gasteiger partial charge in [0.05, 0.1) is 23.3 Å². The van der Waals surface area contributed by atoms with E-state index in [0.29, 0.717) is 69.6 Å². The van der Waals surface area contributed by atoms with Crippen LogP contribution in [0.4, 0.5) is 8.78 Å². The van der Waals surface area contributed by atoms with Crippen molar-refractivity contribution in [3.63, 3.8) is 0 Å². The fraction of sp³-hybridized carbons (Fsp3) is 0.429. The molecule has 0 radical (unpaired) electrons. The Morgan fingerprint density at radius 1 is 0.824 bits per heavy atom. The largest absolute Gasteiger partial charge is 0.349 e. The predicted molar refractivity (Wildman–Crippen MR) is 283 cm³/mol. The van der Waals surface area contributed by atoms with Crippen LogP contribution in [0.5, 0.6) is 0 Å². The van der Waals surface area contributed by atoms with E-state index in [-0.39, 0.29) is 47.2 Å². The second-order valence-corrected chi connectivity index (χ2v) is 20.8. The van der Waals surface area contributed by atoms with Crippen molar-refractivity contribution in [1.29, 1.82) is 0 Å². The zero-order chi connectivity index (χ0) is 51.7. The van der Waals surface area contributed by atoms with E-state index in [1.165, 1.54) is 52.8 Å². The number of H-pyrrole nitrogens is 1. The lowest BCUT2D eigenvalue weighted by molar-refractivity contribution is -0.139. The van der Waals surface area contributed by atoms with Gasteiger partial charge in [-0.05, 0) is 113 Å². The number of nitrogens with one attached hydrogen (secondary N) is 3. The van der Waals surface area contributed by atoms with Gasteiger partial charge in [-0.1, -0.05) is 37.8 Å². The van der Waals surface area contributed by atoms with Gasteiger partial charge in [-0.15, -0.1) is 11.8 Å². The lowest BCUT2D eigenvalue weighted by Gasteiger charge is -2.38. The summed E-state index contributed by atoms with van der Waals surface area (Å²) in [4.78, 5) is 83.8. The molecule has 7 heterocycles. The van der Waals surface area contributed by atoms with Gasteiger partial charge in [-0.2, -0.15) is 5.10 Å². The standard InChI is InChI=1S/C56H64F2N10O5S/c1-36(59-2)54(72)64-51(56(73)67-23-10-13-48(67)55-63-47(35-74-55)52(71)39-16-18-43(57)19-17-39)38-21-25-66(26-22-38)49(69)14-7-5-3-4-6-8-15-50(70)68-34-42(30-62-68)41-28-45-46(31-61-53(45)60-29-41)40-20-24-65(33-40)32-37-11-9-12-44(58)27-37/h9,11-12,16-20,24,27-31,33-34,36,38,47-48,51,59H,3-8,10,13-15,21-23,25-26,32,35H2,1-2H3,(H,60,61)(H,64,72)/t36-,47?,48-,51-/m0/s1. The van der Waals surface area contributed by atoms with E-state index < -0.39 is 23.9 Å². The summed E-state index contributed by atoms with van der Waals surface area (Å²) in [5, 5.41) is 12.1. The lowest BCUT2D eigenvalue weighted by atomic mass is 9.87. The number of carbonyl (C=O) groups is 5. The van der Waals surface area contributed by atoms with Crippen LogP contribution in [0.15, 0.2) is 103 Å². The van der Waals surface area contributed by atoms with Gasteiger partial charge in [0.1, 0.15) is 29.4 Å². The number of ketones is 1. The summed E-state index contributed by atoms with van der Waals surface area (Å²) in [6.45, 7) is 3.83.